The second kappa shape index (κ2) is 6.36. The third kappa shape index (κ3) is 3.70. The Bertz CT molecular complexity index is 434. The molecule has 1 aromatic carbocycles. The fourth-order valence-electron chi connectivity index (χ4n) is 2.36. The number of rotatable bonds is 4. The van der Waals surface area contributed by atoms with Gasteiger partial charge in [0, 0.05) is 12.6 Å². The zero-order chi connectivity index (χ0) is 12.8. The first-order valence-corrected chi connectivity index (χ1v) is 6.47. The van der Waals surface area contributed by atoms with E-state index in [2.05, 4.69) is 11.0 Å². The number of hydrogen-bond donors (Lipinski definition) is 1. The molecular weight excluding hydrogens is 226 g/mol. The summed E-state index contributed by atoms with van der Waals surface area (Å²) in [4.78, 5) is 13.0. The maximum absolute atomic E-state index is 10.6. The van der Waals surface area contributed by atoms with E-state index >= 15 is 0 Å². The molecule has 1 heterocycles. The molecule has 2 rings (SSSR count). The minimum Gasteiger partial charge on any atom is -0.478 e. The Kier molecular flexibility index (Phi) is 4.53. The second-order valence-corrected chi connectivity index (χ2v) is 4.71. The van der Waals surface area contributed by atoms with Crippen molar-refractivity contribution in [2.45, 2.75) is 25.8 Å². The second-order valence-electron chi connectivity index (χ2n) is 4.71. The molecule has 1 aromatic rings. The molecule has 0 atom stereocenters. The van der Waals surface area contributed by atoms with Gasteiger partial charge in [0.1, 0.15) is 0 Å². The third-order valence-corrected chi connectivity index (χ3v) is 3.30. The van der Waals surface area contributed by atoms with E-state index in [1.54, 1.807) is 6.08 Å². The predicted molar refractivity (Wildman–Crippen MR) is 72.2 cm³/mol. The van der Waals surface area contributed by atoms with Gasteiger partial charge in [0.2, 0.25) is 0 Å². The van der Waals surface area contributed by atoms with Crippen LogP contribution >= 0.6 is 0 Å². The Morgan fingerprint density at radius 3 is 2.67 bits per heavy atom. The summed E-state index contributed by atoms with van der Waals surface area (Å²) in [7, 11) is 0. The maximum Gasteiger partial charge on any atom is 0.328 e. The molecule has 96 valence electrons. The highest BCUT2D eigenvalue weighted by atomic mass is 16.4. The fraction of sp³-hybridized carbons (Fsp3) is 0.400. The highest BCUT2D eigenvalue weighted by molar-refractivity contribution is 5.85. The smallest absolute Gasteiger partial charge is 0.328 e. The summed E-state index contributed by atoms with van der Waals surface area (Å²) in [6.45, 7) is 3.22. The fourth-order valence-corrected chi connectivity index (χ4v) is 2.36. The molecule has 0 bridgehead atoms. The summed E-state index contributed by atoms with van der Waals surface area (Å²) in [5.41, 5.74) is 2.21. The summed E-state index contributed by atoms with van der Waals surface area (Å²) in [6, 6.07) is 8.01. The van der Waals surface area contributed by atoms with E-state index in [-0.39, 0.29) is 0 Å². The molecule has 3 nitrogen and oxygen atoms in total. The van der Waals surface area contributed by atoms with E-state index in [0.29, 0.717) is 0 Å². The highest BCUT2D eigenvalue weighted by Crippen LogP contribution is 2.17. The molecule has 0 aliphatic carbocycles. The Balaban J connectivity index is 2.08. The van der Waals surface area contributed by atoms with Crippen molar-refractivity contribution >= 4 is 12.0 Å². The number of likely N-dealkylation sites (tertiary alicyclic amines) is 1. The van der Waals surface area contributed by atoms with Crippen LogP contribution in [-0.2, 0) is 11.3 Å². The van der Waals surface area contributed by atoms with Gasteiger partial charge in [-0.15, -0.1) is 0 Å². The van der Waals surface area contributed by atoms with E-state index in [4.69, 9.17) is 5.11 Å². The summed E-state index contributed by atoms with van der Waals surface area (Å²) < 4.78 is 0. The van der Waals surface area contributed by atoms with Crippen LogP contribution in [0.4, 0.5) is 0 Å². The lowest BCUT2D eigenvalue weighted by atomic mass is 10.0. The zero-order valence-electron chi connectivity index (χ0n) is 10.5. The molecule has 1 fully saturated rings. The quantitative estimate of drug-likeness (QED) is 0.829. The van der Waals surface area contributed by atoms with E-state index in [9.17, 15) is 4.79 Å². The number of benzene rings is 1. The average molecular weight is 245 g/mol. The molecule has 1 aliphatic rings. The number of carboxylic acid groups (broad SMARTS) is 1. The molecule has 1 aliphatic heterocycles. The van der Waals surface area contributed by atoms with Gasteiger partial charge in [0.05, 0.1) is 0 Å². The minimum atomic E-state index is -0.900. The van der Waals surface area contributed by atoms with Crippen LogP contribution in [0, 0.1) is 0 Å². The van der Waals surface area contributed by atoms with Crippen molar-refractivity contribution < 1.29 is 9.90 Å². The molecule has 0 unspecified atom stereocenters. The van der Waals surface area contributed by atoms with Crippen LogP contribution in [-0.4, -0.2) is 29.1 Å². The average Bonchev–Trinajstić information content (AvgIpc) is 2.39. The number of carbonyl (C=O) groups is 1. The molecule has 1 saturated heterocycles. The standard InChI is InChI=1S/C15H19NO2/c17-15(18)9-8-13-6-2-3-7-14(13)12-16-10-4-1-5-11-16/h2-3,6-9H,1,4-5,10-12H2,(H,17,18)/b9-8+. The summed E-state index contributed by atoms with van der Waals surface area (Å²) in [5.74, 6) is -0.900. The predicted octanol–water partition coefficient (Wildman–Crippen LogP) is 2.77. The van der Waals surface area contributed by atoms with Crippen LogP contribution in [0.5, 0.6) is 0 Å². The summed E-state index contributed by atoms with van der Waals surface area (Å²) in [6.07, 6.45) is 6.76. The van der Waals surface area contributed by atoms with Crippen molar-refractivity contribution in [3.63, 3.8) is 0 Å². The Labute approximate surface area is 108 Å². The van der Waals surface area contributed by atoms with Crippen molar-refractivity contribution in [3.8, 4) is 0 Å². The van der Waals surface area contributed by atoms with Gasteiger partial charge in [0.15, 0.2) is 0 Å². The van der Waals surface area contributed by atoms with Gasteiger partial charge in [-0.05, 0) is 43.1 Å². The van der Waals surface area contributed by atoms with Gasteiger partial charge in [-0.2, -0.15) is 0 Å². The monoisotopic (exact) mass is 245 g/mol. The molecule has 0 radical (unpaired) electrons. The van der Waals surface area contributed by atoms with Gasteiger partial charge in [0.25, 0.3) is 0 Å². The molecule has 1 N–H and O–H groups in total. The van der Waals surface area contributed by atoms with Crippen molar-refractivity contribution in [1.29, 1.82) is 0 Å². The molecule has 0 saturated carbocycles. The van der Waals surface area contributed by atoms with Gasteiger partial charge < -0.3 is 5.11 Å². The lowest BCUT2D eigenvalue weighted by Crippen LogP contribution is -2.29. The van der Waals surface area contributed by atoms with Crippen LogP contribution in [0.25, 0.3) is 6.08 Å². The van der Waals surface area contributed by atoms with Crippen LogP contribution in [0.2, 0.25) is 0 Å². The van der Waals surface area contributed by atoms with Crippen LogP contribution < -0.4 is 0 Å². The largest absolute Gasteiger partial charge is 0.478 e. The zero-order valence-corrected chi connectivity index (χ0v) is 10.5. The SMILES string of the molecule is O=C(O)/C=C/c1ccccc1CN1CCCCC1. The van der Waals surface area contributed by atoms with Crippen LogP contribution in [0.1, 0.15) is 30.4 Å². The maximum atomic E-state index is 10.6. The van der Waals surface area contributed by atoms with E-state index in [1.165, 1.54) is 30.9 Å². The minimum absolute atomic E-state index is 0.900. The highest BCUT2D eigenvalue weighted by Gasteiger charge is 2.11. The first kappa shape index (κ1) is 12.8. The van der Waals surface area contributed by atoms with Gasteiger partial charge in [-0.1, -0.05) is 30.7 Å². The first-order chi connectivity index (χ1) is 8.75. The lowest BCUT2D eigenvalue weighted by molar-refractivity contribution is -0.131. The van der Waals surface area contributed by atoms with E-state index in [1.807, 2.05) is 18.2 Å². The molecule has 0 amide bonds. The normalized spacial score (nSPS) is 17.1. The lowest BCUT2D eigenvalue weighted by Gasteiger charge is -2.27. The van der Waals surface area contributed by atoms with Crippen molar-refractivity contribution in [3.05, 3.63) is 41.5 Å². The Morgan fingerprint density at radius 2 is 1.94 bits per heavy atom. The number of hydrogen-bond acceptors (Lipinski definition) is 2. The molecular formula is C15H19NO2. The Hall–Kier alpha value is -1.61. The van der Waals surface area contributed by atoms with Crippen molar-refractivity contribution in [2.24, 2.45) is 0 Å². The van der Waals surface area contributed by atoms with Crippen LogP contribution in [0.15, 0.2) is 30.3 Å². The third-order valence-electron chi connectivity index (χ3n) is 3.30. The Morgan fingerprint density at radius 1 is 1.22 bits per heavy atom. The molecule has 0 aromatic heterocycles. The van der Waals surface area contributed by atoms with Gasteiger partial charge in [-0.3, -0.25) is 4.90 Å². The summed E-state index contributed by atoms with van der Waals surface area (Å²) in [5, 5.41) is 8.69. The summed E-state index contributed by atoms with van der Waals surface area (Å²) >= 11 is 0. The van der Waals surface area contributed by atoms with Crippen LogP contribution in [0.3, 0.4) is 0 Å². The van der Waals surface area contributed by atoms with E-state index < -0.39 is 5.97 Å². The van der Waals surface area contributed by atoms with E-state index in [0.717, 1.165) is 25.2 Å². The topological polar surface area (TPSA) is 40.5 Å². The number of aliphatic carboxylic acids is 1. The molecule has 0 spiro atoms. The number of piperidine rings is 1. The first-order valence-electron chi connectivity index (χ1n) is 6.47. The van der Waals surface area contributed by atoms with Crippen molar-refractivity contribution in [2.75, 3.05) is 13.1 Å². The van der Waals surface area contributed by atoms with Gasteiger partial charge in [-0.25, -0.2) is 4.79 Å². The van der Waals surface area contributed by atoms with Crippen molar-refractivity contribution in [1.82, 2.24) is 4.90 Å². The molecule has 3 heteroatoms. The number of nitrogens with zero attached hydrogens (tertiary/aromatic N) is 1. The molecule has 18 heavy (non-hydrogen) atoms. The number of carboxylic acids is 1. The van der Waals surface area contributed by atoms with Gasteiger partial charge >= 0.3 is 5.97 Å².